The van der Waals surface area contributed by atoms with Crippen LogP contribution in [0.3, 0.4) is 0 Å². The summed E-state index contributed by atoms with van der Waals surface area (Å²) in [4.78, 5) is 10.1. The molecule has 0 heterocycles. The average Bonchev–Trinajstić information content (AvgIpc) is 2.25. The molecule has 94 valence electrons. The van der Waals surface area contributed by atoms with Gasteiger partial charge >= 0.3 is 18.9 Å². The van der Waals surface area contributed by atoms with Crippen LogP contribution in [0.25, 0.3) is 0 Å². The van der Waals surface area contributed by atoms with Crippen LogP contribution in [0.5, 0.6) is 0 Å². The predicted molar refractivity (Wildman–Crippen MR) is 66.0 cm³/mol. The van der Waals surface area contributed by atoms with Crippen LogP contribution in [0.1, 0.15) is 71.1 Å². The fraction of sp³-hybridized carbons (Fsp3) is 0.786. The summed E-state index contributed by atoms with van der Waals surface area (Å²) in [5, 5.41) is 10.1. The fourth-order valence-electron chi connectivity index (χ4n) is 1.75. The zero-order chi connectivity index (χ0) is 12.1. The molecule has 0 aliphatic carbocycles. The molecule has 0 saturated carbocycles. The smallest absolute Gasteiger partial charge is 0.545 e. The first-order chi connectivity index (χ1) is 7.77. The SMILES string of the molecule is CCCCCCCCCCCC=CC(=O)[O-].[Li+]. The molecule has 0 aromatic carbocycles. The summed E-state index contributed by atoms with van der Waals surface area (Å²) in [5.74, 6) is -1.09. The number of carbonyl (C=O) groups excluding carboxylic acids is 1. The van der Waals surface area contributed by atoms with Gasteiger partial charge in [-0.15, -0.1) is 0 Å². The van der Waals surface area contributed by atoms with E-state index in [4.69, 9.17) is 0 Å². The third kappa shape index (κ3) is 18.4. The van der Waals surface area contributed by atoms with Crippen molar-refractivity contribution in [1.82, 2.24) is 0 Å². The molecule has 0 radical (unpaired) electrons. The van der Waals surface area contributed by atoms with Gasteiger partial charge in [0.2, 0.25) is 0 Å². The summed E-state index contributed by atoms with van der Waals surface area (Å²) in [6.07, 6.45) is 15.4. The number of unbranched alkanes of at least 4 members (excludes halogenated alkanes) is 9. The fourth-order valence-corrected chi connectivity index (χ4v) is 1.75. The van der Waals surface area contributed by atoms with E-state index in [9.17, 15) is 9.90 Å². The second kappa shape index (κ2) is 15.8. The molecule has 0 unspecified atom stereocenters. The topological polar surface area (TPSA) is 40.1 Å². The van der Waals surface area contributed by atoms with Crippen molar-refractivity contribution in [2.24, 2.45) is 0 Å². The third-order valence-electron chi connectivity index (χ3n) is 2.73. The van der Waals surface area contributed by atoms with Gasteiger partial charge in [0.25, 0.3) is 0 Å². The molecule has 2 nitrogen and oxygen atoms in total. The van der Waals surface area contributed by atoms with Gasteiger partial charge < -0.3 is 9.90 Å². The van der Waals surface area contributed by atoms with Crippen LogP contribution < -0.4 is 24.0 Å². The molecular weight excluding hydrogens is 207 g/mol. The Hall–Kier alpha value is -0.193. The Labute approximate surface area is 118 Å². The van der Waals surface area contributed by atoms with E-state index in [2.05, 4.69) is 6.92 Å². The summed E-state index contributed by atoms with van der Waals surface area (Å²) in [6.45, 7) is 2.24. The largest absolute Gasteiger partial charge is 1.00 e. The van der Waals surface area contributed by atoms with E-state index in [1.807, 2.05) is 0 Å². The van der Waals surface area contributed by atoms with Gasteiger partial charge in [-0.25, -0.2) is 0 Å². The van der Waals surface area contributed by atoms with Crippen LogP contribution >= 0.6 is 0 Å². The molecule has 0 spiro atoms. The average molecular weight is 232 g/mol. The Morgan fingerprint density at radius 3 is 1.88 bits per heavy atom. The molecule has 0 bridgehead atoms. The molecule has 17 heavy (non-hydrogen) atoms. The zero-order valence-corrected chi connectivity index (χ0v) is 11.5. The molecule has 0 aliphatic rings. The van der Waals surface area contributed by atoms with Crippen LogP contribution in [-0.2, 0) is 4.79 Å². The molecule has 0 aliphatic heterocycles. The van der Waals surface area contributed by atoms with Crippen LogP contribution in [0, 0.1) is 0 Å². The minimum atomic E-state index is -1.09. The molecule has 0 fully saturated rings. The molecule has 0 atom stereocenters. The van der Waals surface area contributed by atoms with Gasteiger partial charge in [0.05, 0.1) is 5.97 Å². The molecular formula is C14H25LiO2. The number of carboxylic acids is 1. The van der Waals surface area contributed by atoms with E-state index < -0.39 is 5.97 Å². The molecule has 0 aromatic heterocycles. The maximum Gasteiger partial charge on any atom is 1.00 e. The summed E-state index contributed by atoms with van der Waals surface area (Å²) in [6, 6.07) is 0. The number of allylic oxidation sites excluding steroid dienone is 1. The zero-order valence-electron chi connectivity index (χ0n) is 11.5. The normalized spacial score (nSPS) is 10.4. The summed E-state index contributed by atoms with van der Waals surface area (Å²) in [5.41, 5.74) is 0. The Morgan fingerprint density at radius 1 is 0.941 bits per heavy atom. The van der Waals surface area contributed by atoms with Crippen molar-refractivity contribution in [1.29, 1.82) is 0 Å². The molecule has 0 aromatic rings. The molecule has 0 saturated heterocycles. The monoisotopic (exact) mass is 232 g/mol. The first-order valence-electron chi connectivity index (χ1n) is 6.65. The van der Waals surface area contributed by atoms with Gasteiger partial charge in [0, 0.05) is 0 Å². The standard InChI is InChI=1S/C14H26O2.Li/c1-2-3-4-5-6-7-8-9-10-11-12-13-14(15)16;/h12-13H,2-11H2,1H3,(H,15,16);/q;+1/p-1. The second-order valence-electron chi connectivity index (χ2n) is 4.34. The number of hydrogen-bond donors (Lipinski definition) is 0. The molecule has 0 N–H and O–H groups in total. The first kappa shape index (κ1) is 19.2. The van der Waals surface area contributed by atoms with Crippen molar-refractivity contribution in [3.63, 3.8) is 0 Å². The molecule has 3 heteroatoms. The molecule has 0 amide bonds. The summed E-state index contributed by atoms with van der Waals surface area (Å²) >= 11 is 0. The first-order valence-corrected chi connectivity index (χ1v) is 6.65. The summed E-state index contributed by atoms with van der Waals surface area (Å²) in [7, 11) is 0. The van der Waals surface area contributed by atoms with Crippen molar-refractivity contribution < 1.29 is 28.8 Å². The Morgan fingerprint density at radius 2 is 1.41 bits per heavy atom. The Bertz CT molecular complexity index is 191. The number of carbonyl (C=O) groups is 1. The number of aliphatic carboxylic acids is 1. The summed E-state index contributed by atoms with van der Waals surface area (Å²) < 4.78 is 0. The minimum absolute atomic E-state index is 0. The van der Waals surface area contributed by atoms with Gasteiger partial charge in [0.1, 0.15) is 0 Å². The quantitative estimate of drug-likeness (QED) is 0.290. The van der Waals surface area contributed by atoms with Crippen molar-refractivity contribution in [2.45, 2.75) is 71.1 Å². The van der Waals surface area contributed by atoms with Crippen molar-refractivity contribution in [3.05, 3.63) is 12.2 Å². The van der Waals surface area contributed by atoms with Gasteiger partial charge in [-0.2, -0.15) is 0 Å². The van der Waals surface area contributed by atoms with Crippen molar-refractivity contribution in [3.8, 4) is 0 Å². The van der Waals surface area contributed by atoms with Gasteiger partial charge in [-0.3, -0.25) is 0 Å². The molecule has 0 rings (SSSR count). The number of hydrogen-bond acceptors (Lipinski definition) is 2. The van der Waals surface area contributed by atoms with Crippen LogP contribution in [-0.4, -0.2) is 5.97 Å². The van der Waals surface area contributed by atoms with E-state index >= 15 is 0 Å². The van der Waals surface area contributed by atoms with E-state index in [-0.39, 0.29) is 18.9 Å². The van der Waals surface area contributed by atoms with Gasteiger partial charge in [-0.1, -0.05) is 64.4 Å². The van der Waals surface area contributed by atoms with Gasteiger partial charge in [0.15, 0.2) is 0 Å². The number of carboxylic acid groups (broad SMARTS) is 1. The van der Waals surface area contributed by atoms with Crippen LogP contribution in [0.4, 0.5) is 0 Å². The van der Waals surface area contributed by atoms with Crippen molar-refractivity contribution in [2.75, 3.05) is 0 Å². The van der Waals surface area contributed by atoms with E-state index in [0.29, 0.717) is 0 Å². The minimum Gasteiger partial charge on any atom is -0.545 e. The predicted octanol–water partition coefficient (Wildman–Crippen LogP) is 0.217. The van der Waals surface area contributed by atoms with Gasteiger partial charge in [-0.05, 0) is 18.9 Å². The van der Waals surface area contributed by atoms with Crippen molar-refractivity contribution >= 4 is 5.97 Å². The number of rotatable bonds is 11. The van der Waals surface area contributed by atoms with Crippen LogP contribution in [0.15, 0.2) is 12.2 Å². The Balaban J connectivity index is 0. The van der Waals surface area contributed by atoms with E-state index in [1.165, 1.54) is 51.4 Å². The maximum absolute atomic E-state index is 10.1. The van der Waals surface area contributed by atoms with Crippen LogP contribution in [0.2, 0.25) is 0 Å². The van der Waals surface area contributed by atoms with E-state index in [0.717, 1.165) is 18.9 Å². The second-order valence-corrected chi connectivity index (χ2v) is 4.34. The Kier molecular flexibility index (Phi) is 17.8. The maximum atomic E-state index is 10.1. The third-order valence-corrected chi connectivity index (χ3v) is 2.73. The van der Waals surface area contributed by atoms with E-state index in [1.54, 1.807) is 6.08 Å².